The summed E-state index contributed by atoms with van der Waals surface area (Å²) < 4.78 is 6.22. The van der Waals surface area contributed by atoms with E-state index in [-0.39, 0.29) is 6.61 Å². The zero-order valence-electron chi connectivity index (χ0n) is 8.00. The van der Waals surface area contributed by atoms with Gasteiger partial charge in [-0.2, -0.15) is 11.8 Å². The van der Waals surface area contributed by atoms with Gasteiger partial charge in [0.05, 0.1) is 13.7 Å². The molecule has 0 bridgehead atoms. The molecule has 0 aromatic heterocycles. The lowest BCUT2D eigenvalue weighted by Crippen LogP contribution is -1.90. The van der Waals surface area contributed by atoms with Crippen LogP contribution >= 0.6 is 27.7 Å². The molecule has 1 rings (SSSR count). The van der Waals surface area contributed by atoms with Gasteiger partial charge < -0.3 is 9.84 Å². The molecule has 0 atom stereocenters. The highest BCUT2D eigenvalue weighted by molar-refractivity contribution is 9.10. The van der Waals surface area contributed by atoms with E-state index in [1.807, 2.05) is 18.2 Å². The molecule has 1 aromatic carbocycles. The Morgan fingerprint density at radius 2 is 2.29 bits per heavy atom. The Hall–Kier alpha value is -0.190. The molecule has 0 spiro atoms. The zero-order valence-corrected chi connectivity index (χ0v) is 10.4. The standard InChI is InChI=1S/C10H13BrO2S/c1-13-9-2-3-10(11)8(6-9)7-14-5-4-12/h2-3,6,12H,4-5,7H2,1H3. The van der Waals surface area contributed by atoms with Gasteiger partial charge in [-0.1, -0.05) is 15.9 Å². The molecule has 1 N–H and O–H groups in total. The van der Waals surface area contributed by atoms with E-state index in [2.05, 4.69) is 15.9 Å². The number of halogens is 1. The van der Waals surface area contributed by atoms with Crippen molar-refractivity contribution in [1.82, 2.24) is 0 Å². The van der Waals surface area contributed by atoms with E-state index in [1.165, 1.54) is 5.56 Å². The Bertz CT molecular complexity index is 291. The molecule has 0 aliphatic heterocycles. The fourth-order valence-electron chi connectivity index (χ4n) is 1.04. The van der Waals surface area contributed by atoms with Crippen molar-refractivity contribution in [3.05, 3.63) is 28.2 Å². The first kappa shape index (κ1) is 11.9. The third-order valence-corrected chi connectivity index (χ3v) is 3.51. The van der Waals surface area contributed by atoms with Crippen LogP contribution in [0, 0.1) is 0 Å². The average molecular weight is 277 g/mol. The molecule has 0 unspecified atom stereocenters. The quantitative estimate of drug-likeness (QED) is 0.839. The largest absolute Gasteiger partial charge is 0.497 e. The molecule has 1 aromatic rings. The lowest BCUT2D eigenvalue weighted by molar-refractivity contribution is 0.322. The molecular weight excluding hydrogens is 264 g/mol. The number of hydrogen-bond acceptors (Lipinski definition) is 3. The molecule has 0 radical (unpaired) electrons. The van der Waals surface area contributed by atoms with Crippen molar-refractivity contribution in [2.24, 2.45) is 0 Å². The average Bonchev–Trinajstić information content (AvgIpc) is 2.21. The summed E-state index contributed by atoms with van der Waals surface area (Å²) in [6, 6.07) is 5.91. The van der Waals surface area contributed by atoms with E-state index in [0.29, 0.717) is 0 Å². The van der Waals surface area contributed by atoms with Crippen molar-refractivity contribution in [2.75, 3.05) is 19.5 Å². The molecule has 78 valence electrons. The Morgan fingerprint density at radius 1 is 1.50 bits per heavy atom. The first-order chi connectivity index (χ1) is 6.77. The summed E-state index contributed by atoms with van der Waals surface area (Å²) >= 11 is 5.18. The minimum atomic E-state index is 0.228. The predicted molar refractivity (Wildman–Crippen MR) is 63.9 cm³/mol. The van der Waals surface area contributed by atoms with Crippen molar-refractivity contribution in [3.63, 3.8) is 0 Å². The highest BCUT2D eigenvalue weighted by atomic mass is 79.9. The molecule has 0 saturated carbocycles. The van der Waals surface area contributed by atoms with E-state index in [0.717, 1.165) is 21.7 Å². The maximum atomic E-state index is 8.66. The zero-order chi connectivity index (χ0) is 10.4. The summed E-state index contributed by atoms with van der Waals surface area (Å²) in [4.78, 5) is 0. The number of methoxy groups -OCH3 is 1. The summed E-state index contributed by atoms with van der Waals surface area (Å²) in [7, 11) is 1.66. The van der Waals surface area contributed by atoms with Gasteiger partial charge in [0.15, 0.2) is 0 Å². The topological polar surface area (TPSA) is 29.5 Å². The second-order valence-corrected chi connectivity index (χ2v) is 4.69. The lowest BCUT2D eigenvalue weighted by atomic mass is 10.2. The van der Waals surface area contributed by atoms with Crippen LogP contribution in [0.2, 0.25) is 0 Å². The van der Waals surface area contributed by atoms with Crippen molar-refractivity contribution in [3.8, 4) is 5.75 Å². The van der Waals surface area contributed by atoms with E-state index in [1.54, 1.807) is 18.9 Å². The molecule has 4 heteroatoms. The van der Waals surface area contributed by atoms with Gasteiger partial charge in [0.1, 0.15) is 5.75 Å². The van der Waals surface area contributed by atoms with Crippen LogP contribution in [0.1, 0.15) is 5.56 Å². The second kappa shape index (κ2) is 6.32. The minimum Gasteiger partial charge on any atom is -0.497 e. The molecule has 0 amide bonds. The second-order valence-electron chi connectivity index (χ2n) is 2.73. The highest BCUT2D eigenvalue weighted by Gasteiger charge is 2.01. The van der Waals surface area contributed by atoms with E-state index in [9.17, 15) is 0 Å². The number of benzene rings is 1. The maximum Gasteiger partial charge on any atom is 0.119 e. The number of hydrogen-bond donors (Lipinski definition) is 1. The third kappa shape index (κ3) is 3.52. The van der Waals surface area contributed by atoms with Gasteiger partial charge in [0.25, 0.3) is 0 Å². The molecule has 0 aliphatic rings. The first-order valence-electron chi connectivity index (χ1n) is 4.29. The van der Waals surface area contributed by atoms with E-state index < -0.39 is 0 Å². The van der Waals surface area contributed by atoms with Crippen LogP contribution in [0.5, 0.6) is 5.75 Å². The fraction of sp³-hybridized carbons (Fsp3) is 0.400. The molecule has 0 saturated heterocycles. The smallest absolute Gasteiger partial charge is 0.119 e. The van der Waals surface area contributed by atoms with Crippen LogP contribution in [0.15, 0.2) is 22.7 Å². The van der Waals surface area contributed by atoms with Gasteiger partial charge in [-0.25, -0.2) is 0 Å². The predicted octanol–water partition coefficient (Wildman–Crippen LogP) is 2.68. The van der Waals surface area contributed by atoms with Crippen molar-refractivity contribution >= 4 is 27.7 Å². The first-order valence-corrected chi connectivity index (χ1v) is 6.23. The van der Waals surface area contributed by atoms with Crippen LogP contribution in [-0.2, 0) is 5.75 Å². The van der Waals surface area contributed by atoms with Crippen LogP contribution in [-0.4, -0.2) is 24.6 Å². The number of aliphatic hydroxyl groups is 1. The summed E-state index contributed by atoms with van der Waals surface area (Å²) in [6.45, 7) is 0.228. The summed E-state index contributed by atoms with van der Waals surface area (Å²) in [6.07, 6.45) is 0. The summed E-state index contributed by atoms with van der Waals surface area (Å²) in [5.74, 6) is 2.52. The SMILES string of the molecule is COc1ccc(Br)c(CSCCO)c1. The van der Waals surface area contributed by atoms with Gasteiger partial charge in [-0.15, -0.1) is 0 Å². The van der Waals surface area contributed by atoms with Crippen LogP contribution in [0.3, 0.4) is 0 Å². The van der Waals surface area contributed by atoms with Gasteiger partial charge >= 0.3 is 0 Å². The number of thioether (sulfide) groups is 1. The molecular formula is C10H13BrO2S. The number of ether oxygens (including phenoxy) is 1. The number of aliphatic hydroxyl groups excluding tert-OH is 1. The Balaban J connectivity index is 2.64. The van der Waals surface area contributed by atoms with Gasteiger partial charge in [0, 0.05) is 16.0 Å². The Kier molecular flexibility index (Phi) is 5.37. The van der Waals surface area contributed by atoms with E-state index >= 15 is 0 Å². The molecule has 0 aliphatic carbocycles. The third-order valence-electron chi connectivity index (χ3n) is 1.75. The van der Waals surface area contributed by atoms with Crippen molar-refractivity contribution in [2.45, 2.75) is 5.75 Å². The van der Waals surface area contributed by atoms with Crippen LogP contribution < -0.4 is 4.74 Å². The molecule has 14 heavy (non-hydrogen) atoms. The highest BCUT2D eigenvalue weighted by Crippen LogP contribution is 2.25. The summed E-state index contributed by atoms with van der Waals surface area (Å²) in [5, 5.41) is 8.66. The molecule has 2 nitrogen and oxygen atoms in total. The molecule has 0 heterocycles. The lowest BCUT2D eigenvalue weighted by Gasteiger charge is -2.06. The molecule has 0 fully saturated rings. The monoisotopic (exact) mass is 276 g/mol. The Labute approximate surface area is 96.8 Å². The minimum absolute atomic E-state index is 0.228. The normalized spacial score (nSPS) is 10.2. The fourth-order valence-corrected chi connectivity index (χ4v) is 2.34. The Morgan fingerprint density at radius 3 is 2.93 bits per heavy atom. The maximum absolute atomic E-state index is 8.66. The van der Waals surface area contributed by atoms with Crippen LogP contribution in [0.4, 0.5) is 0 Å². The summed E-state index contributed by atoms with van der Waals surface area (Å²) in [5.41, 5.74) is 1.20. The van der Waals surface area contributed by atoms with Crippen molar-refractivity contribution in [1.29, 1.82) is 0 Å². The number of rotatable bonds is 5. The van der Waals surface area contributed by atoms with Gasteiger partial charge in [0.2, 0.25) is 0 Å². The van der Waals surface area contributed by atoms with E-state index in [4.69, 9.17) is 9.84 Å². The van der Waals surface area contributed by atoms with Gasteiger partial charge in [-0.3, -0.25) is 0 Å². The van der Waals surface area contributed by atoms with Crippen molar-refractivity contribution < 1.29 is 9.84 Å². The van der Waals surface area contributed by atoms with Gasteiger partial charge in [-0.05, 0) is 23.8 Å². The van der Waals surface area contributed by atoms with Crippen LogP contribution in [0.25, 0.3) is 0 Å².